The van der Waals surface area contributed by atoms with Gasteiger partial charge in [-0.2, -0.15) is 0 Å². The van der Waals surface area contributed by atoms with Crippen LogP contribution < -0.4 is 9.64 Å². The number of carbonyl (C=O) groups is 2. The van der Waals surface area contributed by atoms with Crippen molar-refractivity contribution in [1.82, 2.24) is 9.80 Å². The molecule has 2 aliphatic heterocycles. The molecule has 0 saturated carbocycles. The maximum absolute atomic E-state index is 13.1. The van der Waals surface area contributed by atoms with Crippen LogP contribution in [0.15, 0.2) is 54.6 Å². The predicted molar refractivity (Wildman–Crippen MR) is 126 cm³/mol. The third-order valence-electron chi connectivity index (χ3n) is 6.52. The fourth-order valence-corrected chi connectivity index (χ4v) is 4.69. The van der Waals surface area contributed by atoms with E-state index in [0.717, 1.165) is 13.1 Å². The van der Waals surface area contributed by atoms with Gasteiger partial charge in [-0.3, -0.25) is 9.59 Å². The van der Waals surface area contributed by atoms with Gasteiger partial charge in [-0.05, 0) is 49.4 Å². The Hall–Kier alpha value is -3.02. The Labute approximate surface area is 190 Å². The minimum absolute atomic E-state index is 0.0207. The molecule has 2 aliphatic rings. The van der Waals surface area contributed by atoms with Crippen molar-refractivity contribution < 1.29 is 14.3 Å². The fraction of sp³-hybridized carbons (Fsp3) is 0.462. The van der Waals surface area contributed by atoms with E-state index in [2.05, 4.69) is 29.2 Å². The Morgan fingerprint density at radius 3 is 2.31 bits per heavy atom. The largest absolute Gasteiger partial charge is 0.484 e. The summed E-state index contributed by atoms with van der Waals surface area (Å²) in [4.78, 5) is 31.7. The van der Waals surface area contributed by atoms with Crippen molar-refractivity contribution in [3.63, 3.8) is 0 Å². The molecular weight excluding hydrogens is 402 g/mol. The monoisotopic (exact) mass is 435 g/mol. The van der Waals surface area contributed by atoms with Gasteiger partial charge in [-0.15, -0.1) is 0 Å². The van der Waals surface area contributed by atoms with E-state index >= 15 is 0 Å². The van der Waals surface area contributed by atoms with Crippen molar-refractivity contribution in [1.29, 1.82) is 0 Å². The van der Waals surface area contributed by atoms with Crippen LogP contribution >= 0.6 is 0 Å². The number of rotatable bonds is 7. The highest BCUT2D eigenvalue weighted by molar-refractivity contribution is 5.80. The molecule has 170 valence electrons. The molecule has 6 nitrogen and oxygen atoms in total. The average molecular weight is 436 g/mol. The number of para-hydroxylation sites is 2. The molecule has 6 heteroatoms. The van der Waals surface area contributed by atoms with Crippen LogP contribution in [-0.4, -0.2) is 61.4 Å². The summed E-state index contributed by atoms with van der Waals surface area (Å²) in [5, 5.41) is 0. The number of benzene rings is 2. The lowest BCUT2D eigenvalue weighted by Crippen LogP contribution is -2.44. The third-order valence-corrected chi connectivity index (χ3v) is 6.52. The van der Waals surface area contributed by atoms with Gasteiger partial charge >= 0.3 is 0 Å². The molecule has 2 saturated heterocycles. The first-order valence-corrected chi connectivity index (χ1v) is 11.7. The highest BCUT2D eigenvalue weighted by Gasteiger charge is 2.29. The van der Waals surface area contributed by atoms with E-state index in [-0.39, 0.29) is 24.3 Å². The summed E-state index contributed by atoms with van der Waals surface area (Å²) in [5.41, 5.74) is 2.46. The van der Waals surface area contributed by atoms with Gasteiger partial charge in [0.2, 0.25) is 5.91 Å². The summed E-state index contributed by atoms with van der Waals surface area (Å²) < 4.78 is 5.58. The molecule has 2 amide bonds. The molecule has 2 aromatic rings. The Morgan fingerprint density at radius 2 is 1.59 bits per heavy atom. The van der Waals surface area contributed by atoms with Gasteiger partial charge in [-0.25, -0.2) is 0 Å². The molecule has 2 aromatic carbocycles. The van der Waals surface area contributed by atoms with Crippen LogP contribution in [0.1, 0.15) is 31.2 Å². The summed E-state index contributed by atoms with van der Waals surface area (Å²) in [5.74, 6) is 0.821. The summed E-state index contributed by atoms with van der Waals surface area (Å²) in [7, 11) is 1.90. The average Bonchev–Trinajstić information content (AvgIpc) is 3.38. The summed E-state index contributed by atoms with van der Waals surface area (Å²) >= 11 is 0. The zero-order chi connectivity index (χ0) is 22.3. The molecule has 2 heterocycles. The second-order valence-corrected chi connectivity index (χ2v) is 8.77. The van der Waals surface area contributed by atoms with Crippen LogP contribution in [0.3, 0.4) is 0 Å². The highest BCUT2D eigenvalue weighted by Crippen LogP contribution is 2.27. The van der Waals surface area contributed by atoms with Crippen molar-refractivity contribution in [2.75, 3.05) is 44.7 Å². The van der Waals surface area contributed by atoms with Gasteiger partial charge in [0.25, 0.3) is 5.91 Å². The molecule has 0 atom stereocenters. The smallest absolute Gasteiger partial charge is 0.260 e. The first-order valence-electron chi connectivity index (χ1n) is 11.7. The topological polar surface area (TPSA) is 53.1 Å². The Balaban J connectivity index is 1.26. The first kappa shape index (κ1) is 22.2. The van der Waals surface area contributed by atoms with Gasteiger partial charge in [0.15, 0.2) is 6.61 Å². The lowest BCUT2D eigenvalue weighted by Gasteiger charge is -2.33. The Kier molecular flexibility index (Phi) is 7.30. The molecule has 0 radical (unpaired) electrons. The fourth-order valence-electron chi connectivity index (χ4n) is 4.69. The van der Waals surface area contributed by atoms with Crippen molar-refractivity contribution in [2.24, 2.45) is 5.92 Å². The number of ether oxygens (including phenoxy) is 1. The lowest BCUT2D eigenvalue weighted by atomic mass is 9.95. The minimum Gasteiger partial charge on any atom is -0.484 e. The number of likely N-dealkylation sites (tertiary alicyclic amines) is 1. The number of carbonyl (C=O) groups excluding carboxylic acids is 2. The van der Waals surface area contributed by atoms with Crippen molar-refractivity contribution in [3.8, 4) is 5.75 Å². The van der Waals surface area contributed by atoms with E-state index in [0.29, 0.717) is 38.2 Å². The van der Waals surface area contributed by atoms with Gasteiger partial charge in [0.05, 0.1) is 0 Å². The lowest BCUT2D eigenvalue weighted by molar-refractivity contribution is -0.141. The quantitative estimate of drug-likeness (QED) is 0.667. The standard InChI is InChI=1S/C26H33N3O3/c1-27(19-22-9-5-6-12-24(22)28-15-7-8-16-28)26(31)21-13-17-29(18-14-21)25(30)20-32-23-10-3-2-4-11-23/h2-6,9-12,21H,7-8,13-20H2,1H3. The molecule has 4 rings (SSSR count). The molecule has 0 aromatic heterocycles. The highest BCUT2D eigenvalue weighted by atomic mass is 16.5. The van der Waals surface area contributed by atoms with E-state index in [1.54, 1.807) is 0 Å². The number of hydrogen-bond acceptors (Lipinski definition) is 4. The molecule has 0 spiro atoms. The number of piperidine rings is 1. The van der Waals surface area contributed by atoms with Crippen LogP contribution in [0, 0.1) is 5.92 Å². The van der Waals surface area contributed by atoms with Crippen molar-refractivity contribution in [2.45, 2.75) is 32.2 Å². The normalized spacial score (nSPS) is 16.8. The van der Waals surface area contributed by atoms with E-state index in [9.17, 15) is 9.59 Å². The number of nitrogens with zero attached hydrogens (tertiary/aromatic N) is 3. The van der Waals surface area contributed by atoms with E-state index in [1.165, 1.54) is 24.1 Å². The third kappa shape index (κ3) is 5.42. The van der Waals surface area contributed by atoms with Crippen LogP contribution in [-0.2, 0) is 16.1 Å². The van der Waals surface area contributed by atoms with E-state index < -0.39 is 0 Å². The SMILES string of the molecule is CN(Cc1ccccc1N1CCCC1)C(=O)C1CCN(C(=O)COc2ccccc2)CC1. The predicted octanol–water partition coefficient (Wildman–Crippen LogP) is 3.56. The second-order valence-electron chi connectivity index (χ2n) is 8.77. The number of hydrogen-bond donors (Lipinski definition) is 0. The molecule has 0 unspecified atom stereocenters. The van der Waals surface area contributed by atoms with Crippen LogP contribution in [0.25, 0.3) is 0 Å². The Morgan fingerprint density at radius 1 is 0.938 bits per heavy atom. The van der Waals surface area contributed by atoms with Gasteiger partial charge in [0.1, 0.15) is 5.75 Å². The summed E-state index contributed by atoms with van der Waals surface area (Å²) in [6.45, 7) is 4.05. The van der Waals surface area contributed by atoms with E-state index in [4.69, 9.17) is 4.74 Å². The maximum Gasteiger partial charge on any atom is 0.260 e. The van der Waals surface area contributed by atoms with Crippen LogP contribution in [0.5, 0.6) is 5.75 Å². The molecule has 32 heavy (non-hydrogen) atoms. The number of amides is 2. The van der Waals surface area contributed by atoms with Gasteiger partial charge < -0.3 is 19.4 Å². The van der Waals surface area contributed by atoms with E-state index in [1.807, 2.05) is 47.2 Å². The van der Waals surface area contributed by atoms with Gasteiger partial charge in [-0.1, -0.05) is 36.4 Å². The molecule has 2 fully saturated rings. The van der Waals surface area contributed by atoms with Crippen LogP contribution in [0.2, 0.25) is 0 Å². The molecule has 0 N–H and O–H groups in total. The zero-order valence-corrected chi connectivity index (χ0v) is 18.9. The summed E-state index contributed by atoms with van der Waals surface area (Å²) in [6.07, 6.45) is 3.87. The maximum atomic E-state index is 13.1. The number of anilines is 1. The van der Waals surface area contributed by atoms with Gasteiger partial charge in [0, 0.05) is 51.4 Å². The van der Waals surface area contributed by atoms with Crippen LogP contribution in [0.4, 0.5) is 5.69 Å². The summed E-state index contributed by atoms with van der Waals surface area (Å²) in [6, 6.07) is 17.8. The van der Waals surface area contributed by atoms with Crippen molar-refractivity contribution in [3.05, 3.63) is 60.2 Å². The molecular formula is C26H33N3O3. The van der Waals surface area contributed by atoms with Crippen molar-refractivity contribution >= 4 is 17.5 Å². The minimum atomic E-state index is -0.0296. The second kappa shape index (κ2) is 10.5. The molecule has 0 bridgehead atoms. The molecule has 0 aliphatic carbocycles. The zero-order valence-electron chi connectivity index (χ0n) is 18.9. The Bertz CT molecular complexity index is 904. The first-order chi connectivity index (χ1) is 15.6.